The maximum absolute atomic E-state index is 12.7. The average Bonchev–Trinajstić information content (AvgIpc) is 2.94. The maximum Gasteiger partial charge on any atom is 0.225 e. The van der Waals surface area contributed by atoms with Gasteiger partial charge in [0.2, 0.25) is 5.91 Å². The minimum atomic E-state index is -0.845. The second-order valence-electron chi connectivity index (χ2n) is 6.59. The fourth-order valence-electron chi connectivity index (χ4n) is 3.67. The van der Waals surface area contributed by atoms with Crippen molar-refractivity contribution in [3.8, 4) is 0 Å². The van der Waals surface area contributed by atoms with Crippen molar-refractivity contribution in [3.63, 3.8) is 0 Å². The molecule has 0 aromatic heterocycles. The van der Waals surface area contributed by atoms with E-state index >= 15 is 0 Å². The van der Waals surface area contributed by atoms with Crippen LogP contribution in [0.2, 0.25) is 0 Å². The van der Waals surface area contributed by atoms with E-state index < -0.39 is 11.8 Å². The minimum absolute atomic E-state index is 0.000819. The van der Waals surface area contributed by atoms with E-state index in [0.717, 1.165) is 12.0 Å². The first-order chi connectivity index (χ1) is 10.4. The summed E-state index contributed by atoms with van der Waals surface area (Å²) in [6.45, 7) is 3.50. The van der Waals surface area contributed by atoms with Crippen LogP contribution in [0.4, 0.5) is 0 Å². The number of aliphatic hydroxyl groups is 2. The van der Waals surface area contributed by atoms with Gasteiger partial charge in [-0.25, -0.2) is 0 Å². The van der Waals surface area contributed by atoms with Gasteiger partial charge in [-0.05, 0) is 31.4 Å². The van der Waals surface area contributed by atoms with Crippen LogP contribution in [0.5, 0.6) is 0 Å². The van der Waals surface area contributed by atoms with Gasteiger partial charge in [-0.1, -0.05) is 24.3 Å². The second-order valence-corrected chi connectivity index (χ2v) is 6.59. The van der Waals surface area contributed by atoms with E-state index in [1.54, 1.807) is 0 Å². The molecule has 2 aliphatic rings. The van der Waals surface area contributed by atoms with Crippen LogP contribution < -0.4 is 0 Å². The molecule has 0 saturated carbocycles. The van der Waals surface area contributed by atoms with E-state index in [9.17, 15) is 9.90 Å². The Kier molecular flexibility index (Phi) is 3.97. The maximum atomic E-state index is 12.7. The highest BCUT2D eigenvalue weighted by molar-refractivity contribution is 5.78. The molecule has 1 aliphatic heterocycles. The van der Waals surface area contributed by atoms with Crippen molar-refractivity contribution in [1.82, 2.24) is 4.90 Å². The van der Waals surface area contributed by atoms with Crippen LogP contribution in [0.15, 0.2) is 24.3 Å². The van der Waals surface area contributed by atoms with Crippen molar-refractivity contribution in [2.75, 3.05) is 6.61 Å². The van der Waals surface area contributed by atoms with Crippen molar-refractivity contribution in [2.24, 2.45) is 0 Å². The second kappa shape index (κ2) is 5.65. The van der Waals surface area contributed by atoms with Crippen LogP contribution in [0.1, 0.15) is 43.9 Å². The number of rotatable bonds is 4. The molecule has 120 valence electrons. The van der Waals surface area contributed by atoms with Gasteiger partial charge in [-0.3, -0.25) is 4.79 Å². The molecule has 3 atom stereocenters. The van der Waals surface area contributed by atoms with Gasteiger partial charge in [-0.2, -0.15) is 0 Å². The van der Waals surface area contributed by atoms with Crippen molar-refractivity contribution >= 4 is 5.91 Å². The first-order valence-corrected chi connectivity index (χ1v) is 7.81. The third-order valence-electron chi connectivity index (χ3n) is 4.62. The highest BCUT2D eigenvalue weighted by atomic mass is 16.5. The van der Waals surface area contributed by atoms with Gasteiger partial charge in [-0.15, -0.1) is 0 Å². The Morgan fingerprint density at radius 2 is 2.18 bits per heavy atom. The quantitative estimate of drug-likeness (QED) is 0.882. The Balaban J connectivity index is 1.83. The van der Waals surface area contributed by atoms with Gasteiger partial charge in [0.25, 0.3) is 0 Å². The average molecular weight is 305 g/mol. The molecule has 1 saturated heterocycles. The summed E-state index contributed by atoms with van der Waals surface area (Å²) in [5.41, 5.74) is 1.75. The van der Waals surface area contributed by atoms with Crippen molar-refractivity contribution in [3.05, 3.63) is 35.4 Å². The summed E-state index contributed by atoms with van der Waals surface area (Å²) in [6.07, 6.45) is 0.454. The molecule has 1 aliphatic carbocycles. The molecule has 2 unspecified atom stereocenters. The first-order valence-electron chi connectivity index (χ1n) is 7.81. The van der Waals surface area contributed by atoms with E-state index in [1.807, 2.05) is 30.9 Å². The molecule has 2 N–H and O–H groups in total. The molecule has 0 spiro atoms. The predicted octanol–water partition coefficient (Wildman–Crippen LogP) is 1.38. The molecule has 1 fully saturated rings. The number of carbonyl (C=O) groups is 1. The zero-order valence-corrected chi connectivity index (χ0v) is 13.0. The lowest BCUT2D eigenvalue weighted by molar-refractivity contribution is -0.148. The molecule has 1 amide bonds. The van der Waals surface area contributed by atoms with Crippen molar-refractivity contribution in [1.29, 1.82) is 0 Å². The molecule has 5 nitrogen and oxygen atoms in total. The summed E-state index contributed by atoms with van der Waals surface area (Å²) >= 11 is 0. The zero-order valence-electron chi connectivity index (χ0n) is 13.0. The lowest BCUT2D eigenvalue weighted by Gasteiger charge is -2.34. The number of amides is 1. The fourth-order valence-corrected chi connectivity index (χ4v) is 3.67. The Morgan fingerprint density at radius 1 is 1.45 bits per heavy atom. The third kappa shape index (κ3) is 2.53. The molecular weight excluding hydrogens is 282 g/mol. The number of nitrogens with zero attached hydrogens (tertiary/aromatic N) is 1. The molecule has 0 radical (unpaired) electrons. The number of fused-ring (bicyclic) bond motifs is 3. The monoisotopic (exact) mass is 305 g/mol. The summed E-state index contributed by atoms with van der Waals surface area (Å²) < 4.78 is 6.12. The van der Waals surface area contributed by atoms with Crippen LogP contribution in [-0.4, -0.2) is 45.6 Å². The van der Waals surface area contributed by atoms with Gasteiger partial charge in [0.1, 0.15) is 5.72 Å². The summed E-state index contributed by atoms with van der Waals surface area (Å²) in [4.78, 5) is 14.5. The highest BCUT2D eigenvalue weighted by Gasteiger charge is 2.53. The van der Waals surface area contributed by atoms with Crippen molar-refractivity contribution in [2.45, 2.75) is 57.1 Å². The van der Waals surface area contributed by atoms with E-state index in [4.69, 9.17) is 9.84 Å². The molecule has 5 heteroatoms. The number of carbonyl (C=O) groups excluding carboxylic acids is 1. The van der Waals surface area contributed by atoms with E-state index in [1.165, 1.54) is 5.56 Å². The Labute approximate surface area is 130 Å². The Morgan fingerprint density at radius 3 is 2.91 bits per heavy atom. The number of hydrogen-bond acceptors (Lipinski definition) is 4. The van der Waals surface area contributed by atoms with Gasteiger partial charge in [0.05, 0.1) is 24.9 Å². The van der Waals surface area contributed by atoms with Crippen LogP contribution in [0, 0.1) is 0 Å². The molecule has 3 rings (SSSR count). The number of aliphatic hydroxyl groups excluding tert-OH is 2. The van der Waals surface area contributed by atoms with Crippen molar-refractivity contribution < 1.29 is 19.7 Å². The zero-order chi connectivity index (χ0) is 15.9. The van der Waals surface area contributed by atoms with Gasteiger partial charge in [0, 0.05) is 12.8 Å². The van der Waals surface area contributed by atoms with Gasteiger partial charge < -0.3 is 19.8 Å². The van der Waals surface area contributed by atoms with Crippen LogP contribution in [-0.2, 0) is 16.0 Å². The highest BCUT2D eigenvalue weighted by Crippen LogP contribution is 2.48. The van der Waals surface area contributed by atoms with E-state index in [-0.39, 0.29) is 37.5 Å². The largest absolute Gasteiger partial charge is 0.394 e. The Hall–Kier alpha value is -1.43. The molecule has 0 bridgehead atoms. The summed E-state index contributed by atoms with van der Waals surface area (Å²) in [6, 6.07) is 8.10. The van der Waals surface area contributed by atoms with Gasteiger partial charge in [0.15, 0.2) is 0 Å². The smallest absolute Gasteiger partial charge is 0.225 e. The minimum Gasteiger partial charge on any atom is -0.394 e. The van der Waals surface area contributed by atoms with Crippen LogP contribution in [0.3, 0.4) is 0 Å². The van der Waals surface area contributed by atoms with Crippen LogP contribution in [0.25, 0.3) is 0 Å². The molecule has 22 heavy (non-hydrogen) atoms. The molecule has 1 aromatic rings. The molecular formula is C17H23NO4. The van der Waals surface area contributed by atoms with E-state index in [0.29, 0.717) is 0 Å². The molecule has 1 aromatic carbocycles. The predicted molar refractivity (Wildman–Crippen MR) is 81.0 cm³/mol. The Bertz CT molecular complexity index is 572. The molecule has 1 heterocycles. The third-order valence-corrected chi connectivity index (χ3v) is 4.62. The van der Waals surface area contributed by atoms with E-state index in [2.05, 4.69) is 12.1 Å². The first kappa shape index (κ1) is 15.5. The SMILES string of the molecule is CC1(C)O[C@@H]2Cc3ccccc3C2N1C(=O)CCC(O)CO. The number of ether oxygens (including phenoxy) is 1. The van der Waals surface area contributed by atoms with Gasteiger partial charge >= 0.3 is 0 Å². The van der Waals surface area contributed by atoms with Crippen LogP contribution >= 0.6 is 0 Å². The standard InChI is InChI=1S/C17H23NO4/c1-17(2)18(15(21)8-7-12(20)10-19)16-13-6-4-3-5-11(13)9-14(16)22-17/h3-6,12,14,16,19-20H,7-10H2,1-2H3/t12?,14-,16?/m1/s1. The lowest BCUT2D eigenvalue weighted by Crippen LogP contribution is -2.45. The summed E-state index contributed by atoms with van der Waals surface area (Å²) in [7, 11) is 0. The fraction of sp³-hybridized carbons (Fsp3) is 0.588. The summed E-state index contributed by atoms with van der Waals surface area (Å²) in [5.74, 6) is -0.0401. The topological polar surface area (TPSA) is 70.0 Å². The number of hydrogen-bond donors (Lipinski definition) is 2. The summed E-state index contributed by atoms with van der Waals surface area (Å²) in [5, 5.41) is 18.4. The number of benzene rings is 1. The lowest BCUT2D eigenvalue weighted by atomic mass is 10.0. The normalized spacial score (nSPS) is 26.6.